The lowest BCUT2D eigenvalue weighted by molar-refractivity contribution is -0.569. The van der Waals surface area contributed by atoms with E-state index in [1.165, 1.54) is 24.6 Å². The van der Waals surface area contributed by atoms with Crippen LogP contribution in [0.2, 0.25) is 0 Å². The molecule has 1 aliphatic heterocycles. The van der Waals surface area contributed by atoms with Crippen molar-refractivity contribution in [3.05, 3.63) is 39.9 Å². The Labute approximate surface area is 109 Å². The summed E-state index contributed by atoms with van der Waals surface area (Å²) in [6, 6.07) is 6.22. The van der Waals surface area contributed by atoms with Crippen molar-refractivity contribution in [3.8, 4) is 0 Å². The topological polar surface area (TPSA) is 108 Å². The van der Waals surface area contributed by atoms with Gasteiger partial charge in [0.15, 0.2) is 0 Å². The van der Waals surface area contributed by atoms with Crippen molar-refractivity contribution in [3.63, 3.8) is 0 Å². The van der Waals surface area contributed by atoms with Crippen LogP contribution in [-0.4, -0.2) is 40.3 Å². The van der Waals surface area contributed by atoms with E-state index in [2.05, 4.69) is 9.98 Å². The standard InChI is InChI=1S/C11H12BN3O4/c1-8(11(15(18)19)13-6-7-14-11)9-2-4-10(5-3-9)12(16)17/h2-8,16-17H,1H3. The van der Waals surface area contributed by atoms with E-state index < -0.39 is 23.7 Å². The van der Waals surface area contributed by atoms with E-state index >= 15 is 0 Å². The van der Waals surface area contributed by atoms with Crippen LogP contribution in [0.3, 0.4) is 0 Å². The number of rotatable bonds is 4. The van der Waals surface area contributed by atoms with Crippen molar-refractivity contribution in [1.82, 2.24) is 0 Å². The minimum Gasteiger partial charge on any atom is -0.423 e. The molecule has 1 heterocycles. The highest BCUT2D eigenvalue weighted by Gasteiger charge is 2.50. The van der Waals surface area contributed by atoms with Crippen LogP contribution < -0.4 is 5.46 Å². The smallest absolute Gasteiger partial charge is 0.423 e. The summed E-state index contributed by atoms with van der Waals surface area (Å²) >= 11 is 0. The maximum atomic E-state index is 11.2. The first kappa shape index (κ1) is 13.4. The second kappa shape index (κ2) is 4.91. The molecule has 0 bridgehead atoms. The lowest BCUT2D eigenvalue weighted by Gasteiger charge is -2.21. The third kappa shape index (κ3) is 2.27. The quantitative estimate of drug-likeness (QED) is 0.435. The summed E-state index contributed by atoms with van der Waals surface area (Å²) in [5, 5.41) is 29.2. The molecule has 0 saturated heterocycles. The second-order valence-corrected chi connectivity index (χ2v) is 4.26. The zero-order valence-electron chi connectivity index (χ0n) is 10.2. The largest absolute Gasteiger partial charge is 0.488 e. The first-order chi connectivity index (χ1) is 8.97. The first-order valence-corrected chi connectivity index (χ1v) is 5.67. The van der Waals surface area contributed by atoms with Crippen LogP contribution in [0.1, 0.15) is 18.4 Å². The van der Waals surface area contributed by atoms with Gasteiger partial charge in [-0.3, -0.25) is 10.1 Å². The SMILES string of the molecule is CC(c1ccc(B(O)O)cc1)C1([N+](=O)[O-])N=CC=N1. The number of benzene rings is 1. The second-order valence-electron chi connectivity index (χ2n) is 4.26. The minimum absolute atomic E-state index is 0.324. The first-order valence-electron chi connectivity index (χ1n) is 5.67. The van der Waals surface area contributed by atoms with E-state index in [1.807, 2.05) is 0 Å². The van der Waals surface area contributed by atoms with Crippen LogP contribution >= 0.6 is 0 Å². The zero-order valence-corrected chi connectivity index (χ0v) is 10.2. The van der Waals surface area contributed by atoms with E-state index in [1.54, 1.807) is 19.1 Å². The minimum atomic E-state index is -1.72. The van der Waals surface area contributed by atoms with E-state index in [4.69, 9.17) is 10.0 Å². The van der Waals surface area contributed by atoms with Crippen LogP contribution in [-0.2, 0) is 0 Å². The van der Waals surface area contributed by atoms with Crippen molar-refractivity contribution >= 4 is 25.0 Å². The fourth-order valence-corrected chi connectivity index (χ4v) is 1.98. The molecule has 8 heteroatoms. The van der Waals surface area contributed by atoms with Crippen LogP contribution in [0.4, 0.5) is 0 Å². The molecular weight excluding hydrogens is 249 g/mol. The molecule has 1 aliphatic rings. The Hall–Kier alpha value is -2.06. The molecule has 0 saturated carbocycles. The van der Waals surface area contributed by atoms with E-state index in [0.29, 0.717) is 11.0 Å². The molecule has 0 fully saturated rings. The molecule has 0 radical (unpaired) electrons. The van der Waals surface area contributed by atoms with Crippen molar-refractivity contribution in [2.45, 2.75) is 18.6 Å². The number of nitrogens with zero attached hydrogens (tertiary/aromatic N) is 3. The van der Waals surface area contributed by atoms with Gasteiger partial charge in [-0.05, 0) is 17.9 Å². The number of hydrogen-bond donors (Lipinski definition) is 2. The molecule has 0 aromatic heterocycles. The van der Waals surface area contributed by atoms with Gasteiger partial charge >= 0.3 is 12.9 Å². The molecular formula is C11H12BN3O4. The summed E-state index contributed by atoms with van der Waals surface area (Å²) < 4.78 is 0. The Balaban J connectivity index is 2.33. The Bertz CT molecular complexity index is 529. The van der Waals surface area contributed by atoms with Crippen LogP contribution in [0.5, 0.6) is 0 Å². The highest BCUT2D eigenvalue weighted by Crippen LogP contribution is 2.34. The van der Waals surface area contributed by atoms with E-state index in [9.17, 15) is 10.1 Å². The molecule has 2 rings (SSSR count). The predicted octanol–water partition coefficient (Wildman–Crippen LogP) is -0.444. The summed E-state index contributed by atoms with van der Waals surface area (Å²) in [6.07, 6.45) is 2.62. The van der Waals surface area contributed by atoms with E-state index in [0.717, 1.165) is 0 Å². The zero-order chi connectivity index (χ0) is 14.0. The Morgan fingerprint density at radius 2 is 1.79 bits per heavy atom. The Kier molecular flexibility index (Phi) is 3.45. The summed E-state index contributed by atoms with van der Waals surface area (Å²) in [4.78, 5) is 18.4. The molecule has 1 aromatic rings. The van der Waals surface area contributed by atoms with Crippen molar-refractivity contribution in [2.24, 2.45) is 9.98 Å². The van der Waals surface area contributed by atoms with Crippen molar-refractivity contribution in [2.75, 3.05) is 0 Å². The van der Waals surface area contributed by atoms with Gasteiger partial charge in [-0.15, -0.1) is 0 Å². The number of nitro groups is 1. The Morgan fingerprint density at radius 3 is 2.21 bits per heavy atom. The summed E-state index contributed by atoms with van der Waals surface area (Å²) in [5.74, 6) is -2.29. The molecule has 0 spiro atoms. The van der Waals surface area contributed by atoms with Gasteiger partial charge in [-0.25, -0.2) is 0 Å². The molecule has 0 aliphatic carbocycles. The molecule has 0 amide bonds. The molecule has 19 heavy (non-hydrogen) atoms. The van der Waals surface area contributed by atoms with Gasteiger partial charge in [-0.2, -0.15) is 9.98 Å². The normalized spacial score (nSPS) is 17.4. The number of hydrogen-bond acceptors (Lipinski definition) is 6. The van der Waals surface area contributed by atoms with Gasteiger partial charge < -0.3 is 10.0 Å². The molecule has 7 nitrogen and oxygen atoms in total. The highest BCUT2D eigenvalue weighted by molar-refractivity contribution is 6.58. The van der Waals surface area contributed by atoms with Gasteiger partial charge in [0.05, 0.1) is 10.8 Å². The molecule has 2 N–H and O–H groups in total. The summed E-state index contributed by atoms with van der Waals surface area (Å²) in [6.45, 7) is 1.66. The predicted molar refractivity (Wildman–Crippen MR) is 71.4 cm³/mol. The maximum absolute atomic E-state index is 11.2. The molecule has 1 aromatic carbocycles. The maximum Gasteiger partial charge on any atom is 0.488 e. The van der Waals surface area contributed by atoms with E-state index in [-0.39, 0.29) is 0 Å². The van der Waals surface area contributed by atoms with Crippen molar-refractivity contribution < 1.29 is 15.0 Å². The monoisotopic (exact) mass is 261 g/mol. The fourth-order valence-electron chi connectivity index (χ4n) is 1.98. The Morgan fingerprint density at radius 1 is 1.26 bits per heavy atom. The average Bonchev–Trinajstić information content (AvgIpc) is 2.88. The number of aliphatic imine (C=N–C) groups is 2. The lowest BCUT2D eigenvalue weighted by Crippen LogP contribution is -2.38. The van der Waals surface area contributed by atoms with Gasteiger partial charge in [0.1, 0.15) is 0 Å². The fraction of sp³-hybridized carbons (Fsp3) is 0.273. The van der Waals surface area contributed by atoms with Gasteiger partial charge in [-0.1, -0.05) is 24.3 Å². The summed E-state index contributed by atoms with van der Waals surface area (Å²) in [5.41, 5.74) is 0.974. The van der Waals surface area contributed by atoms with Gasteiger partial charge in [0.25, 0.3) is 0 Å². The van der Waals surface area contributed by atoms with Crippen molar-refractivity contribution in [1.29, 1.82) is 0 Å². The lowest BCUT2D eigenvalue weighted by atomic mass is 9.79. The molecule has 1 unspecified atom stereocenters. The third-order valence-electron chi connectivity index (χ3n) is 3.18. The average molecular weight is 261 g/mol. The molecule has 98 valence electrons. The van der Waals surface area contributed by atoms with Crippen LogP contribution in [0.15, 0.2) is 34.3 Å². The van der Waals surface area contributed by atoms with Crippen LogP contribution in [0.25, 0.3) is 0 Å². The molecule has 1 atom stereocenters. The summed E-state index contributed by atoms with van der Waals surface area (Å²) in [7, 11) is -1.56. The highest BCUT2D eigenvalue weighted by atomic mass is 16.6. The van der Waals surface area contributed by atoms with Gasteiger partial charge in [0, 0.05) is 12.4 Å². The van der Waals surface area contributed by atoms with Crippen LogP contribution in [0, 0.1) is 10.1 Å². The van der Waals surface area contributed by atoms with Gasteiger partial charge in [0.2, 0.25) is 0 Å². The third-order valence-corrected chi connectivity index (χ3v) is 3.18.